The molecule has 0 saturated heterocycles. The van der Waals surface area contributed by atoms with Crippen LogP contribution in [0.25, 0.3) is 0 Å². The number of anilines is 2. The van der Waals surface area contributed by atoms with E-state index in [9.17, 15) is 9.59 Å². The highest BCUT2D eigenvalue weighted by molar-refractivity contribution is 6.10. The average molecular weight is 342 g/mol. The highest BCUT2D eigenvalue weighted by atomic mass is 16.5. The van der Waals surface area contributed by atoms with Crippen LogP contribution in [0.2, 0.25) is 0 Å². The number of esters is 1. The molecule has 1 amide bonds. The Hall–Kier alpha value is -3.16. The first-order valence-corrected chi connectivity index (χ1v) is 7.74. The molecule has 1 aromatic carbocycles. The van der Waals surface area contributed by atoms with E-state index >= 15 is 0 Å². The fraction of sp³-hybridized carbons (Fsp3) is 0.294. The van der Waals surface area contributed by atoms with Gasteiger partial charge in [0, 0.05) is 5.69 Å². The molecule has 8 heteroatoms. The third kappa shape index (κ3) is 3.37. The molecule has 0 spiro atoms. The molecule has 1 atom stereocenters. The molecule has 8 nitrogen and oxygen atoms in total. The molecule has 0 radical (unpaired) electrons. The molecule has 25 heavy (non-hydrogen) atoms. The maximum atomic E-state index is 12.9. The number of amides is 1. The number of benzene rings is 1. The second-order valence-electron chi connectivity index (χ2n) is 5.70. The van der Waals surface area contributed by atoms with Crippen molar-refractivity contribution in [1.29, 1.82) is 0 Å². The summed E-state index contributed by atoms with van der Waals surface area (Å²) in [7, 11) is 1.35. The van der Waals surface area contributed by atoms with Crippen molar-refractivity contribution in [2.45, 2.75) is 19.4 Å². The van der Waals surface area contributed by atoms with Crippen LogP contribution in [-0.2, 0) is 16.0 Å². The quantitative estimate of drug-likeness (QED) is 0.835. The van der Waals surface area contributed by atoms with Crippen LogP contribution in [0.3, 0.4) is 0 Å². The maximum absolute atomic E-state index is 12.9. The number of carbonyl (C=O) groups excluding carboxylic acids is 2. The number of nitrogens with zero attached hydrogens (tertiary/aromatic N) is 3. The van der Waals surface area contributed by atoms with Crippen LogP contribution in [0.4, 0.5) is 11.5 Å². The summed E-state index contributed by atoms with van der Waals surface area (Å²) in [6, 6.07) is 7.10. The Balaban J connectivity index is 1.92. The van der Waals surface area contributed by atoms with Crippen molar-refractivity contribution >= 4 is 23.4 Å². The molecule has 2 aromatic rings. The third-order valence-corrected chi connectivity index (χ3v) is 3.88. The molecule has 130 valence electrons. The van der Waals surface area contributed by atoms with Gasteiger partial charge < -0.3 is 20.1 Å². The number of methoxy groups -OCH3 is 1. The van der Waals surface area contributed by atoms with Gasteiger partial charge in [0.05, 0.1) is 20.1 Å². The standard InChI is InChI=1S/C17H18N4O4/c1-10-8-21(12-5-3-11(4-6-12)7-13(22)24-2)17(23)14-15(18)19-9-20-16(14)25-10/h3-6,9-10H,7-8H2,1-2H3,(H2,18,19,20)/t10-/m1/s1. The lowest BCUT2D eigenvalue weighted by Gasteiger charge is -2.22. The smallest absolute Gasteiger partial charge is 0.309 e. The van der Waals surface area contributed by atoms with Gasteiger partial charge in [0.1, 0.15) is 23.8 Å². The minimum absolute atomic E-state index is 0.0800. The molecule has 0 fully saturated rings. The average Bonchev–Trinajstić information content (AvgIpc) is 2.72. The summed E-state index contributed by atoms with van der Waals surface area (Å²) in [6.07, 6.45) is 1.17. The molecule has 0 unspecified atom stereocenters. The van der Waals surface area contributed by atoms with E-state index in [2.05, 4.69) is 14.7 Å². The lowest BCUT2D eigenvalue weighted by Crippen LogP contribution is -2.36. The Morgan fingerprint density at radius 3 is 2.76 bits per heavy atom. The van der Waals surface area contributed by atoms with E-state index in [4.69, 9.17) is 10.5 Å². The molecule has 2 heterocycles. The van der Waals surface area contributed by atoms with Gasteiger partial charge in [-0.1, -0.05) is 12.1 Å². The van der Waals surface area contributed by atoms with Gasteiger partial charge in [-0.15, -0.1) is 0 Å². The van der Waals surface area contributed by atoms with Crippen molar-refractivity contribution in [2.75, 3.05) is 24.3 Å². The van der Waals surface area contributed by atoms with E-state index in [1.807, 2.05) is 6.92 Å². The molecule has 0 bridgehead atoms. The van der Waals surface area contributed by atoms with Gasteiger partial charge in [-0.2, -0.15) is 0 Å². The zero-order valence-electron chi connectivity index (χ0n) is 13.9. The number of nitrogen functional groups attached to an aromatic ring is 1. The van der Waals surface area contributed by atoms with Gasteiger partial charge >= 0.3 is 5.97 Å². The highest BCUT2D eigenvalue weighted by Crippen LogP contribution is 2.29. The Bertz CT molecular complexity index is 807. The first-order chi connectivity index (χ1) is 12.0. The van der Waals surface area contributed by atoms with Crippen LogP contribution < -0.4 is 15.4 Å². The molecule has 1 aromatic heterocycles. The van der Waals surface area contributed by atoms with Crippen molar-refractivity contribution in [3.63, 3.8) is 0 Å². The molecule has 0 saturated carbocycles. The summed E-state index contributed by atoms with van der Waals surface area (Å²) in [5, 5.41) is 0. The number of hydrogen-bond acceptors (Lipinski definition) is 7. The van der Waals surface area contributed by atoms with E-state index in [-0.39, 0.29) is 41.7 Å². The molecular weight excluding hydrogens is 324 g/mol. The van der Waals surface area contributed by atoms with Crippen molar-refractivity contribution < 1.29 is 19.1 Å². The number of rotatable bonds is 3. The molecule has 1 aliphatic heterocycles. The number of nitrogens with two attached hydrogens (primary N) is 1. The zero-order valence-corrected chi connectivity index (χ0v) is 13.9. The summed E-state index contributed by atoms with van der Waals surface area (Å²) < 4.78 is 10.3. The fourth-order valence-corrected chi connectivity index (χ4v) is 2.63. The predicted molar refractivity (Wildman–Crippen MR) is 90.4 cm³/mol. The van der Waals surface area contributed by atoms with E-state index < -0.39 is 0 Å². The van der Waals surface area contributed by atoms with Crippen LogP contribution >= 0.6 is 0 Å². The van der Waals surface area contributed by atoms with Gasteiger partial charge in [-0.3, -0.25) is 9.59 Å². The minimum atomic E-state index is -0.321. The van der Waals surface area contributed by atoms with Crippen LogP contribution in [0.1, 0.15) is 22.8 Å². The first kappa shape index (κ1) is 16.7. The summed E-state index contributed by atoms with van der Waals surface area (Å²) in [5.74, 6) is -0.371. The van der Waals surface area contributed by atoms with Crippen LogP contribution in [0, 0.1) is 0 Å². The highest BCUT2D eigenvalue weighted by Gasteiger charge is 2.31. The number of ether oxygens (including phenoxy) is 2. The van der Waals surface area contributed by atoms with Crippen molar-refractivity contribution in [3.8, 4) is 5.88 Å². The summed E-state index contributed by atoms with van der Waals surface area (Å²) in [5.41, 5.74) is 7.48. The zero-order chi connectivity index (χ0) is 18.0. The molecule has 1 aliphatic rings. The first-order valence-electron chi connectivity index (χ1n) is 7.74. The topological polar surface area (TPSA) is 108 Å². The van der Waals surface area contributed by atoms with Crippen molar-refractivity contribution in [1.82, 2.24) is 9.97 Å². The van der Waals surface area contributed by atoms with Gasteiger partial charge in [-0.05, 0) is 24.6 Å². The monoisotopic (exact) mass is 342 g/mol. The number of hydrogen-bond donors (Lipinski definition) is 1. The third-order valence-electron chi connectivity index (χ3n) is 3.88. The SMILES string of the molecule is COC(=O)Cc1ccc(N2C[C@@H](C)Oc3ncnc(N)c3C2=O)cc1. The lowest BCUT2D eigenvalue weighted by atomic mass is 10.1. The van der Waals surface area contributed by atoms with Crippen LogP contribution in [-0.4, -0.2) is 41.6 Å². The molecule has 2 N–H and O–H groups in total. The normalized spacial score (nSPS) is 16.6. The van der Waals surface area contributed by atoms with Crippen LogP contribution in [0.15, 0.2) is 30.6 Å². The van der Waals surface area contributed by atoms with Crippen molar-refractivity contribution in [2.24, 2.45) is 0 Å². The van der Waals surface area contributed by atoms with Gasteiger partial charge in [-0.25, -0.2) is 9.97 Å². The van der Waals surface area contributed by atoms with Crippen LogP contribution in [0.5, 0.6) is 5.88 Å². The molecular formula is C17H18N4O4. The van der Waals surface area contributed by atoms with E-state index in [0.717, 1.165) is 5.56 Å². The number of carbonyl (C=O) groups is 2. The molecule has 3 rings (SSSR count). The Labute approximate surface area is 144 Å². The van der Waals surface area contributed by atoms with E-state index in [1.165, 1.54) is 13.4 Å². The second kappa shape index (κ2) is 6.76. The summed E-state index contributed by atoms with van der Waals surface area (Å²) in [6.45, 7) is 2.18. The molecule has 0 aliphatic carbocycles. The minimum Gasteiger partial charge on any atom is -0.472 e. The Morgan fingerprint density at radius 1 is 1.36 bits per heavy atom. The fourth-order valence-electron chi connectivity index (χ4n) is 2.63. The number of fused-ring (bicyclic) bond motifs is 1. The summed E-state index contributed by atoms with van der Waals surface area (Å²) >= 11 is 0. The Morgan fingerprint density at radius 2 is 2.08 bits per heavy atom. The maximum Gasteiger partial charge on any atom is 0.309 e. The predicted octanol–water partition coefficient (Wildman–Crippen LogP) is 1.20. The van der Waals surface area contributed by atoms with Crippen molar-refractivity contribution in [3.05, 3.63) is 41.7 Å². The van der Waals surface area contributed by atoms with Gasteiger partial charge in [0.15, 0.2) is 0 Å². The number of aromatic nitrogens is 2. The lowest BCUT2D eigenvalue weighted by molar-refractivity contribution is -0.139. The largest absolute Gasteiger partial charge is 0.472 e. The van der Waals surface area contributed by atoms with E-state index in [1.54, 1.807) is 29.2 Å². The van der Waals surface area contributed by atoms with Gasteiger partial charge in [0.25, 0.3) is 5.91 Å². The Kier molecular flexibility index (Phi) is 4.51. The van der Waals surface area contributed by atoms with Gasteiger partial charge in [0.2, 0.25) is 5.88 Å². The summed E-state index contributed by atoms with van der Waals surface area (Å²) in [4.78, 5) is 33.7. The van der Waals surface area contributed by atoms with E-state index in [0.29, 0.717) is 12.2 Å². The second-order valence-corrected chi connectivity index (χ2v) is 5.70.